The number of carbonyl (C=O) groups is 1. The number of benzene rings is 1. The van der Waals surface area contributed by atoms with E-state index < -0.39 is 5.97 Å². The Morgan fingerprint density at radius 3 is 2.84 bits per heavy atom. The van der Waals surface area contributed by atoms with Crippen LogP contribution in [0.25, 0.3) is 0 Å². The Kier molecular flexibility index (Phi) is 3.97. The smallest absolute Gasteiger partial charge is 0.338 e. The van der Waals surface area contributed by atoms with Crippen molar-refractivity contribution in [2.24, 2.45) is 0 Å². The van der Waals surface area contributed by atoms with Crippen LogP contribution in [0.4, 0.5) is 4.39 Å². The molecule has 2 aromatic rings. The van der Waals surface area contributed by atoms with Gasteiger partial charge in [-0.3, -0.25) is 0 Å². The van der Waals surface area contributed by atoms with Gasteiger partial charge in [0, 0.05) is 11.6 Å². The number of rotatable bonds is 5. The molecular weight excluding hydrogens is 249 g/mol. The van der Waals surface area contributed by atoms with E-state index in [1.807, 2.05) is 6.92 Å². The summed E-state index contributed by atoms with van der Waals surface area (Å²) >= 11 is 0. The molecule has 4 nitrogen and oxygen atoms in total. The number of nitrogens with one attached hydrogen (secondary N) is 1. The van der Waals surface area contributed by atoms with E-state index in [0.717, 1.165) is 0 Å². The van der Waals surface area contributed by atoms with Crippen LogP contribution in [0.15, 0.2) is 41.0 Å². The molecule has 1 aromatic heterocycles. The van der Waals surface area contributed by atoms with E-state index in [9.17, 15) is 9.18 Å². The van der Waals surface area contributed by atoms with Crippen LogP contribution in [-0.4, -0.2) is 11.1 Å². The molecule has 0 aliphatic rings. The lowest BCUT2D eigenvalue weighted by atomic mass is 10.1. The molecule has 0 amide bonds. The molecule has 1 heterocycles. The van der Waals surface area contributed by atoms with Crippen LogP contribution in [0, 0.1) is 5.82 Å². The molecule has 0 aliphatic heterocycles. The molecule has 1 unspecified atom stereocenters. The van der Waals surface area contributed by atoms with E-state index in [0.29, 0.717) is 17.9 Å². The topological polar surface area (TPSA) is 62.5 Å². The zero-order valence-corrected chi connectivity index (χ0v) is 10.4. The molecular formula is C14H14FNO3. The molecule has 0 bridgehead atoms. The van der Waals surface area contributed by atoms with Crippen LogP contribution in [0.5, 0.6) is 0 Å². The van der Waals surface area contributed by atoms with Crippen molar-refractivity contribution in [3.8, 4) is 0 Å². The molecule has 0 spiro atoms. The predicted octanol–water partition coefficient (Wildman–Crippen LogP) is 2.97. The summed E-state index contributed by atoms with van der Waals surface area (Å²) in [6.07, 6.45) is 1.19. The number of halogens is 1. The molecule has 1 aromatic carbocycles. The van der Waals surface area contributed by atoms with Crippen molar-refractivity contribution in [3.63, 3.8) is 0 Å². The Morgan fingerprint density at radius 2 is 2.21 bits per heavy atom. The Bertz CT molecular complexity index is 580. The van der Waals surface area contributed by atoms with Gasteiger partial charge in [0.1, 0.15) is 17.8 Å². The first-order valence-electron chi connectivity index (χ1n) is 5.86. The summed E-state index contributed by atoms with van der Waals surface area (Å²) in [6, 6.07) is 7.77. The van der Waals surface area contributed by atoms with Gasteiger partial charge in [0.05, 0.1) is 12.1 Å². The molecule has 19 heavy (non-hydrogen) atoms. The van der Waals surface area contributed by atoms with E-state index in [1.54, 1.807) is 18.2 Å². The lowest BCUT2D eigenvalue weighted by molar-refractivity contribution is 0.0696. The fourth-order valence-electron chi connectivity index (χ4n) is 1.78. The van der Waals surface area contributed by atoms with Crippen LogP contribution in [0.3, 0.4) is 0 Å². The number of furan rings is 1. The summed E-state index contributed by atoms with van der Waals surface area (Å²) < 4.78 is 18.6. The third-order valence-corrected chi connectivity index (χ3v) is 2.85. The summed E-state index contributed by atoms with van der Waals surface area (Å²) in [5.74, 6) is -0.800. The molecule has 0 aliphatic carbocycles. The van der Waals surface area contributed by atoms with Crippen LogP contribution in [0.2, 0.25) is 0 Å². The van der Waals surface area contributed by atoms with E-state index in [2.05, 4.69) is 5.32 Å². The van der Waals surface area contributed by atoms with E-state index in [-0.39, 0.29) is 17.4 Å². The number of carboxylic acid groups (broad SMARTS) is 1. The van der Waals surface area contributed by atoms with Gasteiger partial charge in [-0.1, -0.05) is 18.2 Å². The molecule has 2 N–H and O–H groups in total. The number of aromatic carboxylic acids is 1. The minimum atomic E-state index is -1.03. The average Bonchev–Trinajstić information content (AvgIpc) is 2.85. The quantitative estimate of drug-likeness (QED) is 0.870. The third-order valence-electron chi connectivity index (χ3n) is 2.85. The summed E-state index contributed by atoms with van der Waals surface area (Å²) in [6.45, 7) is 2.17. The molecule has 0 fully saturated rings. The highest BCUT2D eigenvalue weighted by Gasteiger charge is 2.12. The van der Waals surface area contributed by atoms with Gasteiger partial charge in [0.2, 0.25) is 0 Å². The van der Waals surface area contributed by atoms with Gasteiger partial charge in [0.25, 0.3) is 0 Å². The maximum atomic E-state index is 13.5. The second-order valence-corrected chi connectivity index (χ2v) is 4.23. The molecule has 0 saturated carbocycles. The monoisotopic (exact) mass is 263 g/mol. The van der Waals surface area contributed by atoms with Gasteiger partial charge in [-0.2, -0.15) is 0 Å². The zero-order valence-electron chi connectivity index (χ0n) is 10.4. The minimum absolute atomic E-state index is 0.107. The van der Waals surface area contributed by atoms with Crippen molar-refractivity contribution < 1.29 is 18.7 Å². The van der Waals surface area contributed by atoms with Crippen molar-refractivity contribution in [2.45, 2.75) is 19.5 Å². The second kappa shape index (κ2) is 5.67. The summed E-state index contributed by atoms with van der Waals surface area (Å²) in [5.41, 5.74) is 0.669. The maximum Gasteiger partial charge on any atom is 0.338 e. The Balaban J connectivity index is 1.98. The van der Waals surface area contributed by atoms with Crippen LogP contribution < -0.4 is 5.32 Å². The summed E-state index contributed by atoms with van der Waals surface area (Å²) in [4.78, 5) is 10.7. The third kappa shape index (κ3) is 3.20. The molecule has 2 rings (SSSR count). The predicted molar refractivity (Wildman–Crippen MR) is 67.3 cm³/mol. The number of hydrogen-bond donors (Lipinski definition) is 2. The molecule has 0 radical (unpaired) electrons. The fourth-order valence-corrected chi connectivity index (χ4v) is 1.78. The second-order valence-electron chi connectivity index (χ2n) is 4.23. The normalized spacial score (nSPS) is 12.3. The Hall–Kier alpha value is -2.14. The number of hydrogen-bond acceptors (Lipinski definition) is 3. The van der Waals surface area contributed by atoms with Gasteiger partial charge in [-0.15, -0.1) is 0 Å². The van der Waals surface area contributed by atoms with Crippen molar-refractivity contribution in [1.82, 2.24) is 5.32 Å². The maximum absolute atomic E-state index is 13.5. The lowest BCUT2D eigenvalue weighted by Gasteiger charge is -2.13. The lowest BCUT2D eigenvalue weighted by Crippen LogP contribution is -2.18. The van der Waals surface area contributed by atoms with E-state index in [1.165, 1.54) is 18.4 Å². The molecule has 1 atom stereocenters. The van der Waals surface area contributed by atoms with Gasteiger partial charge < -0.3 is 14.8 Å². The van der Waals surface area contributed by atoms with Gasteiger partial charge in [-0.25, -0.2) is 9.18 Å². The highest BCUT2D eigenvalue weighted by molar-refractivity contribution is 5.87. The Morgan fingerprint density at radius 1 is 1.47 bits per heavy atom. The van der Waals surface area contributed by atoms with Crippen LogP contribution in [0.1, 0.15) is 34.6 Å². The van der Waals surface area contributed by atoms with Crippen LogP contribution >= 0.6 is 0 Å². The standard InChI is InChI=1S/C14H14FNO3/c1-9(12-4-2-3-5-13(12)15)16-7-11-6-10(8-19-11)14(17)18/h2-6,8-9,16H,7H2,1H3,(H,17,18). The summed E-state index contributed by atoms with van der Waals surface area (Å²) in [5, 5.41) is 11.8. The largest absolute Gasteiger partial charge is 0.478 e. The van der Waals surface area contributed by atoms with Crippen LogP contribution in [-0.2, 0) is 6.54 Å². The van der Waals surface area contributed by atoms with Crippen molar-refractivity contribution in [1.29, 1.82) is 0 Å². The molecule has 5 heteroatoms. The fraction of sp³-hybridized carbons (Fsp3) is 0.214. The Labute approximate surface area is 109 Å². The highest BCUT2D eigenvalue weighted by Crippen LogP contribution is 2.17. The minimum Gasteiger partial charge on any atom is -0.478 e. The average molecular weight is 263 g/mol. The van der Waals surface area contributed by atoms with Crippen molar-refractivity contribution in [3.05, 3.63) is 59.3 Å². The van der Waals surface area contributed by atoms with Crippen molar-refractivity contribution in [2.75, 3.05) is 0 Å². The highest BCUT2D eigenvalue weighted by atomic mass is 19.1. The first-order chi connectivity index (χ1) is 9.08. The first kappa shape index (κ1) is 13.3. The molecule has 0 saturated heterocycles. The van der Waals surface area contributed by atoms with Gasteiger partial charge in [-0.05, 0) is 19.1 Å². The SMILES string of the molecule is CC(NCc1cc(C(=O)O)co1)c1ccccc1F. The van der Waals surface area contributed by atoms with E-state index >= 15 is 0 Å². The summed E-state index contributed by atoms with van der Waals surface area (Å²) in [7, 11) is 0. The van der Waals surface area contributed by atoms with Gasteiger partial charge in [0.15, 0.2) is 0 Å². The first-order valence-corrected chi connectivity index (χ1v) is 5.86. The zero-order chi connectivity index (χ0) is 13.8. The number of carboxylic acids is 1. The molecule has 100 valence electrons. The van der Waals surface area contributed by atoms with E-state index in [4.69, 9.17) is 9.52 Å². The van der Waals surface area contributed by atoms with Crippen molar-refractivity contribution >= 4 is 5.97 Å². The van der Waals surface area contributed by atoms with Gasteiger partial charge >= 0.3 is 5.97 Å².